The van der Waals surface area contributed by atoms with Crippen LogP contribution < -0.4 is 10.9 Å². The number of aromatic nitrogens is 2. The van der Waals surface area contributed by atoms with Gasteiger partial charge in [0, 0.05) is 25.9 Å². The number of fused-ring (bicyclic) bond motifs is 1. The molecule has 0 spiro atoms. The molecule has 1 atom stereocenters. The predicted octanol–water partition coefficient (Wildman–Crippen LogP) is 2.81. The van der Waals surface area contributed by atoms with E-state index < -0.39 is 0 Å². The average Bonchev–Trinajstić information content (AvgIpc) is 3.31. The quantitative estimate of drug-likeness (QED) is 0.577. The molecular weight excluding hydrogens is 408 g/mol. The molecule has 2 aliphatic heterocycles. The molecule has 152 valence electrons. The van der Waals surface area contributed by atoms with Crippen molar-refractivity contribution in [3.8, 4) is 0 Å². The number of carbonyl (C=O) groups is 1. The second kappa shape index (κ2) is 8.25. The van der Waals surface area contributed by atoms with Crippen molar-refractivity contribution in [2.75, 3.05) is 25.0 Å². The van der Waals surface area contributed by atoms with Crippen LogP contribution >= 0.6 is 24.0 Å². The monoisotopic (exact) mass is 430 g/mol. The largest absolute Gasteiger partial charge is 0.376 e. The summed E-state index contributed by atoms with van der Waals surface area (Å²) in [5, 5.41) is 3.28. The summed E-state index contributed by atoms with van der Waals surface area (Å²) in [7, 11) is 0. The smallest absolute Gasteiger partial charge is 0.267 e. The van der Waals surface area contributed by atoms with Crippen molar-refractivity contribution in [2.45, 2.75) is 32.8 Å². The van der Waals surface area contributed by atoms with E-state index in [1.807, 2.05) is 26.0 Å². The van der Waals surface area contributed by atoms with Crippen molar-refractivity contribution < 1.29 is 9.53 Å². The lowest BCUT2D eigenvalue weighted by Crippen LogP contribution is -2.27. The molecule has 0 aromatic carbocycles. The van der Waals surface area contributed by atoms with E-state index in [1.54, 1.807) is 12.3 Å². The fourth-order valence-corrected chi connectivity index (χ4v) is 4.86. The van der Waals surface area contributed by atoms with Gasteiger partial charge in [-0.3, -0.25) is 18.9 Å². The van der Waals surface area contributed by atoms with Crippen molar-refractivity contribution in [3.05, 3.63) is 44.7 Å². The first-order chi connectivity index (χ1) is 14.0. The Morgan fingerprint density at radius 2 is 2.28 bits per heavy atom. The van der Waals surface area contributed by atoms with Crippen LogP contribution in [0.3, 0.4) is 0 Å². The first-order valence-corrected chi connectivity index (χ1v) is 10.8. The first kappa shape index (κ1) is 20.1. The van der Waals surface area contributed by atoms with Crippen LogP contribution in [0, 0.1) is 6.92 Å². The van der Waals surface area contributed by atoms with Crippen LogP contribution in [0.2, 0.25) is 0 Å². The molecule has 0 radical (unpaired) electrons. The Balaban J connectivity index is 1.80. The van der Waals surface area contributed by atoms with Crippen molar-refractivity contribution in [1.29, 1.82) is 0 Å². The summed E-state index contributed by atoms with van der Waals surface area (Å²) in [6.45, 7) is 5.60. The SMILES string of the molecule is CCN1C(=O)C(=Cc2c(NCC3CCCO3)nc3c(C)cccn3c2=O)SC1=S. The average molecular weight is 431 g/mol. The molecule has 0 bridgehead atoms. The van der Waals surface area contributed by atoms with Gasteiger partial charge in [0.05, 0.1) is 16.6 Å². The summed E-state index contributed by atoms with van der Waals surface area (Å²) >= 11 is 6.50. The highest BCUT2D eigenvalue weighted by molar-refractivity contribution is 8.26. The second-order valence-electron chi connectivity index (χ2n) is 7.01. The number of anilines is 1. The lowest BCUT2D eigenvalue weighted by atomic mass is 10.2. The number of amides is 1. The molecule has 0 aliphatic carbocycles. The zero-order chi connectivity index (χ0) is 20.5. The fourth-order valence-electron chi connectivity index (χ4n) is 3.50. The van der Waals surface area contributed by atoms with E-state index in [4.69, 9.17) is 21.9 Å². The minimum atomic E-state index is -0.227. The number of aryl methyl sites for hydroxylation is 1. The molecular formula is C20H22N4O3S2. The third kappa shape index (κ3) is 3.82. The molecule has 2 aromatic heterocycles. The Bertz CT molecular complexity index is 1070. The maximum absolute atomic E-state index is 13.3. The van der Waals surface area contributed by atoms with E-state index in [-0.39, 0.29) is 17.6 Å². The van der Waals surface area contributed by atoms with E-state index >= 15 is 0 Å². The molecule has 1 amide bonds. The number of thiocarbonyl (C=S) groups is 1. The summed E-state index contributed by atoms with van der Waals surface area (Å²) in [5.74, 6) is 0.280. The Morgan fingerprint density at radius 3 is 2.97 bits per heavy atom. The van der Waals surface area contributed by atoms with E-state index in [0.29, 0.717) is 39.3 Å². The number of rotatable bonds is 5. The summed E-state index contributed by atoms with van der Waals surface area (Å²) < 4.78 is 7.69. The molecule has 9 heteroatoms. The Hall–Kier alpha value is -2.23. The number of carbonyl (C=O) groups excluding carboxylic acids is 1. The number of likely N-dealkylation sites (N-methyl/N-ethyl adjacent to an activating group) is 1. The molecule has 0 saturated carbocycles. The Kier molecular flexibility index (Phi) is 5.71. The van der Waals surface area contributed by atoms with Crippen LogP contribution in [0.1, 0.15) is 30.9 Å². The van der Waals surface area contributed by atoms with Crippen molar-refractivity contribution in [1.82, 2.24) is 14.3 Å². The van der Waals surface area contributed by atoms with Crippen LogP contribution in [-0.2, 0) is 9.53 Å². The molecule has 2 aromatic rings. The summed E-state index contributed by atoms with van der Waals surface area (Å²) in [4.78, 5) is 32.6. The lowest BCUT2D eigenvalue weighted by Gasteiger charge is -2.15. The molecule has 1 unspecified atom stereocenters. The highest BCUT2D eigenvalue weighted by Gasteiger charge is 2.31. The lowest BCUT2D eigenvalue weighted by molar-refractivity contribution is -0.121. The van der Waals surface area contributed by atoms with Gasteiger partial charge >= 0.3 is 0 Å². The Morgan fingerprint density at radius 1 is 1.45 bits per heavy atom. The van der Waals surface area contributed by atoms with E-state index in [1.165, 1.54) is 21.1 Å². The number of nitrogens with one attached hydrogen (secondary N) is 1. The van der Waals surface area contributed by atoms with Gasteiger partial charge in [0.1, 0.15) is 15.8 Å². The van der Waals surface area contributed by atoms with Crippen LogP contribution in [0.5, 0.6) is 0 Å². The van der Waals surface area contributed by atoms with E-state index in [9.17, 15) is 9.59 Å². The highest BCUT2D eigenvalue weighted by atomic mass is 32.2. The molecule has 4 heterocycles. The number of nitrogens with zero attached hydrogens (tertiary/aromatic N) is 3. The summed E-state index contributed by atoms with van der Waals surface area (Å²) in [6, 6.07) is 3.73. The molecule has 29 heavy (non-hydrogen) atoms. The highest BCUT2D eigenvalue weighted by Crippen LogP contribution is 2.32. The first-order valence-electron chi connectivity index (χ1n) is 9.62. The maximum atomic E-state index is 13.3. The number of thioether (sulfide) groups is 1. The number of pyridine rings is 1. The van der Waals surface area contributed by atoms with Gasteiger partial charge in [-0.15, -0.1) is 0 Å². The zero-order valence-electron chi connectivity index (χ0n) is 16.3. The van der Waals surface area contributed by atoms with Crippen molar-refractivity contribution >= 4 is 51.7 Å². The summed E-state index contributed by atoms with van der Waals surface area (Å²) in [6.07, 6.45) is 5.40. The van der Waals surface area contributed by atoms with Gasteiger partial charge in [-0.05, 0) is 44.4 Å². The van der Waals surface area contributed by atoms with Gasteiger partial charge in [-0.25, -0.2) is 4.98 Å². The molecule has 2 saturated heterocycles. The minimum absolute atomic E-state index is 0.0956. The van der Waals surface area contributed by atoms with Crippen LogP contribution in [-0.4, -0.2) is 50.3 Å². The number of hydrogen-bond acceptors (Lipinski definition) is 7. The van der Waals surface area contributed by atoms with E-state index in [2.05, 4.69) is 5.32 Å². The maximum Gasteiger partial charge on any atom is 0.267 e. The van der Waals surface area contributed by atoms with Gasteiger partial charge in [0.2, 0.25) is 0 Å². The molecule has 4 rings (SSSR count). The van der Waals surface area contributed by atoms with Gasteiger partial charge in [-0.1, -0.05) is 30.0 Å². The van der Waals surface area contributed by atoms with Crippen LogP contribution in [0.4, 0.5) is 5.82 Å². The topological polar surface area (TPSA) is 75.9 Å². The van der Waals surface area contributed by atoms with Crippen molar-refractivity contribution in [2.24, 2.45) is 0 Å². The van der Waals surface area contributed by atoms with Crippen molar-refractivity contribution in [3.63, 3.8) is 0 Å². The molecule has 2 aliphatic rings. The third-order valence-electron chi connectivity index (χ3n) is 5.07. The van der Waals surface area contributed by atoms with Gasteiger partial charge in [0.15, 0.2) is 0 Å². The zero-order valence-corrected chi connectivity index (χ0v) is 17.9. The van der Waals surface area contributed by atoms with Gasteiger partial charge in [0.25, 0.3) is 11.5 Å². The van der Waals surface area contributed by atoms with Crippen LogP contribution in [0.25, 0.3) is 11.7 Å². The van der Waals surface area contributed by atoms with Gasteiger partial charge < -0.3 is 10.1 Å². The Labute approximate surface area is 178 Å². The predicted molar refractivity (Wildman–Crippen MR) is 119 cm³/mol. The second-order valence-corrected chi connectivity index (χ2v) is 8.68. The molecule has 2 fully saturated rings. The normalized spacial score (nSPS) is 21.0. The fraction of sp³-hybridized carbons (Fsp3) is 0.400. The van der Waals surface area contributed by atoms with E-state index in [0.717, 1.165) is 25.0 Å². The minimum Gasteiger partial charge on any atom is -0.376 e. The summed E-state index contributed by atoms with van der Waals surface area (Å²) in [5.41, 5.74) is 1.61. The molecule has 7 nitrogen and oxygen atoms in total. The van der Waals surface area contributed by atoms with Gasteiger partial charge in [-0.2, -0.15) is 0 Å². The standard InChI is InChI=1S/C20H22N4O3S2/c1-3-23-19(26)15(29-20(23)28)10-14-16(21-11-13-7-5-9-27-13)22-17-12(2)6-4-8-24(17)18(14)25/h4,6,8,10,13,21H,3,5,7,9,11H2,1-2H3. The third-order valence-corrected chi connectivity index (χ3v) is 6.45. The molecule has 1 N–H and O–H groups in total. The number of hydrogen-bond donors (Lipinski definition) is 1. The number of ether oxygens (including phenoxy) is 1. The van der Waals surface area contributed by atoms with Crippen LogP contribution in [0.15, 0.2) is 28.0 Å².